The zero-order chi connectivity index (χ0) is 12.1. The van der Waals surface area contributed by atoms with Gasteiger partial charge in [0.05, 0.1) is 13.2 Å². The van der Waals surface area contributed by atoms with Crippen molar-refractivity contribution in [1.82, 2.24) is 4.90 Å². The van der Waals surface area contributed by atoms with Crippen LogP contribution in [-0.2, 0) is 0 Å². The fourth-order valence-electron chi connectivity index (χ4n) is 1.29. The van der Waals surface area contributed by atoms with E-state index in [9.17, 15) is 8.78 Å². The molecule has 0 fully saturated rings. The van der Waals surface area contributed by atoms with Crippen molar-refractivity contribution in [3.8, 4) is 0 Å². The average molecular weight is 224 g/mol. The lowest BCUT2D eigenvalue weighted by atomic mass is 9.85. The van der Waals surface area contributed by atoms with E-state index in [-0.39, 0.29) is 31.2 Å². The number of nitrogens with zero attached hydrogens (tertiary/aromatic N) is 1. The van der Waals surface area contributed by atoms with E-state index in [1.54, 1.807) is 4.90 Å². The normalized spacial score (nSPS) is 15.0. The maximum absolute atomic E-state index is 12.2. The molecule has 15 heavy (non-hydrogen) atoms. The summed E-state index contributed by atoms with van der Waals surface area (Å²) < 4.78 is 24.5. The first-order valence-electron chi connectivity index (χ1n) is 5.16. The Balaban J connectivity index is 4.26. The molecule has 92 valence electrons. The standard InChI is InChI=1S/C10H22F2N2O/c1-8(13)10(2,3)7-14(4-5-15)6-9(11)12/h8-9,15H,4-7,13H2,1-3H3. The smallest absolute Gasteiger partial charge is 0.251 e. The number of nitrogens with two attached hydrogens (primary N) is 1. The largest absolute Gasteiger partial charge is 0.395 e. The number of halogens is 2. The molecular weight excluding hydrogens is 202 g/mol. The summed E-state index contributed by atoms with van der Waals surface area (Å²) in [5.74, 6) is 0. The quantitative estimate of drug-likeness (QED) is 0.676. The van der Waals surface area contributed by atoms with E-state index in [1.807, 2.05) is 20.8 Å². The summed E-state index contributed by atoms with van der Waals surface area (Å²) in [6, 6.07) is -0.0728. The van der Waals surface area contributed by atoms with Gasteiger partial charge in [0, 0.05) is 19.1 Å². The van der Waals surface area contributed by atoms with Crippen LogP contribution in [0.15, 0.2) is 0 Å². The minimum Gasteiger partial charge on any atom is -0.395 e. The van der Waals surface area contributed by atoms with Crippen LogP contribution >= 0.6 is 0 Å². The van der Waals surface area contributed by atoms with Gasteiger partial charge in [-0.3, -0.25) is 4.90 Å². The molecule has 3 N–H and O–H groups in total. The van der Waals surface area contributed by atoms with Gasteiger partial charge in [-0.25, -0.2) is 8.78 Å². The Morgan fingerprint density at radius 1 is 1.40 bits per heavy atom. The molecule has 0 saturated carbocycles. The molecule has 0 aliphatic rings. The van der Waals surface area contributed by atoms with Gasteiger partial charge in [0.15, 0.2) is 0 Å². The number of hydrogen-bond donors (Lipinski definition) is 2. The molecule has 0 aromatic carbocycles. The first-order chi connectivity index (χ1) is 6.79. The monoisotopic (exact) mass is 224 g/mol. The molecule has 5 heteroatoms. The summed E-state index contributed by atoms with van der Waals surface area (Å²) in [5.41, 5.74) is 5.54. The second kappa shape index (κ2) is 6.35. The van der Waals surface area contributed by atoms with Gasteiger partial charge in [0.25, 0.3) is 6.43 Å². The number of rotatable bonds is 7. The van der Waals surface area contributed by atoms with Crippen molar-refractivity contribution < 1.29 is 13.9 Å². The number of aliphatic hydroxyl groups excluding tert-OH is 1. The van der Waals surface area contributed by atoms with E-state index in [0.29, 0.717) is 6.54 Å². The molecule has 0 aromatic rings. The van der Waals surface area contributed by atoms with Crippen LogP contribution in [-0.4, -0.2) is 48.7 Å². The van der Waals surface area contributed by atoms with Crippen molar-refractivity contribution in [1.29, 1.82) is 0 Å². The van der Waals surface area contributed by atoms with E-state index in [1.165, 1.54) is 0 Å². The first-order valence-corrected chi connectivity index (χ1v) is 5.16. The first kappa shape index (κ1) is 14.7. The Labute approximate surface area is 90.2 Å². The predicted octanol–water partition coefficient (Wildman–Crippen LogP) is 0.919. The molecule has 3 nitrogen and oxygen atoms in total. The molecule has 0 spiro atoms. The number of hydrogen-bond acceptors (Lipinski definition) is 3. The third kappa shape index (κ3) is 6.02. The van der Waals surface area contributed by atoms with Gasteiger partial charge >= 0.3 is 0 Å². The van der Waals surface area contributed by atoms with E-state index in [2.05, 4.69) is 0 Å². The minimum absolute atomic E-state index is 0.0728. The molecule has 0 aliphatic carbocycles. The predicted molar refractivity (Wildman–Crippen MR) is 57.0 cm³/mol. The number of aliphatic hydroxyl groups is 1. The average Bonchev–Trinajstić information content (AvgIpc) is 2.01. The summed E-state index contributed by atoms with van der Waals surface area (Å²) in [5, 5.41) is 8.77. The van der Waals surface area contributed by atoms with Gasteiger partial charge in [-0.05, 0) is 12.3 Å². The minimum atomic E-state index is -2.37. The molecule has 0 aromatic heterocycles. The molecule has 0 bridgehead atoms. The molecule has 0 amide bonds. The van der Waals surface area contributed by atoms with Crippen LogP contribution in [0.5, 0.6) is 0 Å². The van der Waals surface area contributed by atoms with Crippen molar-refractivity contribution in [3.05, 3.63) is 0 Å². The highest BCUT2D eigenvalue weighted by molar-refractivity contribution is 4.81. The summed E-state index contributed by atoms with van der Waals surface area (Å²) in [6.07, 6.45) is -2.37. The molecule has 1 unspecified atom stereocenters. The summed E-state index contributed by atoms with van der Waals surface area (Å²) in [4.78, 5) is 1.55. The lowest BCUT2D eigenvalue weighted by Gasteiger charge is -2.35. The molecule has 0 saturated heterocycles. The Hall–Kier alpha value is -0.260. The van der Waals surface area contributed by atoms with Crippen LogP contribution in [0.4, 0.5) is 8.78 Å². The fraction of sp³-hybridized carbons (Fsp3) is 1.00. The van der Waals surface area contributed by atoms with Crippen LogP contribution in [0.3, 0.4) is 0 Å². The summed E-state index contributed by atoms with van der Waals surface area (Å²) >= 11 is 0. The molecule has 1 atom stereocenters. The third-order valence-corrected chi connectivity index (χ3v) is 2.68. The Morgan fingerprint density at radius 3 is 2.27 bits per heavy atom. The van der Waals surface area contributed by atoms with E-state index >= 15 is 0 Å². The molecule has 0 heterocycles. The second-order valence-corrected chi connectivity index (χ2v) is 4.63. The van der Waals surface area contributed by atoms with E-state index in [0.717, 1.165) is 0 Å². The summed E-state index contributed by atoms with van der Waals surface area (Å²) in [7, 11) is 0. The van der Waals surface area contributed by atoms with E-state index in [4.69, 9.17) is 10.8 Å². The summed E-state index contributed by atoms with van der Waals surface area (Å²) in [6.45, 7) is 6.05. The van der Waals surface area contributed by atoms with Crippen LogP contribution in [0.25, 0.3) is 0 Å². The number of alkyl halides is 2. The van der Waals surface area contributed by atoms with Crippen molar-refractivity contribution in [2.24, 2.45) is 11.1 Å². The highest BCUT2D eigenvalue weighted by Crippen LogP contribution is 2.20. The SMILES string of the molecule is CC(N)C(C)(C)CN(CCO)CC(F)F. The van der Waals surface area contributed by atoms with Crippen molar-refractivity contribution >= 4 is 0 Å². The molecule has 0 aliphatic heterocycles. The topological polar surface area (TPSA) is 49.5 Å². The third-order valence-electron chi connectivity index (χ3n) is 2.68. The van der Waals surface area contributed by atoms with Gasteiger partial charge in [-0.2, -0.15) is 0 Å². The van der Waals surface area contributed by atoms with Gasteiger partial charge in [-0.15, -0.1) is 0 Å². The van der Waals surface area contributed by atoms with Crippen molar-refractivity contribution in [3.63, 3.8) is 0 Å². The zero-order valence-corrected chi connectivity index (χ0v) is 9.71. The maximum Gasteiger partial charge on any atom is 0.251 e. The van der Waals surface area contributed by atoms with Gasteiger partial charge in [0.1, 0.15) is 0 Å². The second-order valence-electron chi connectivity index (χ2n) is 4.63. The van der Waals surface area contributed by atoms with Crippen LogP contribution in [0, 0.1) is 5.41 Å². The molecule has 0 rings (SSSR count). The van der Waals surface area contributed by atoms with E-state index < -0.39 is 6.43 Å². The van der Waals surface area contributed by atoms with Gasteiger partial charge < -0.3 is 10.8 Å². The fourth-order valence-corrected chi connectivity index (χ4v) is 1.29. The van der Waals surface area contributed by atoms with Gasteiger partial charge in [0.2, 0.25) is 0 Å². The van der Waals surface area contributed by atoms with Gasteiger partial charge in [-0.1, -0.05) is 13.8 Å². The van der Waals surface area contributed by atoms with Crippen molar-refractivity contribution in [2.75, 3.05) is 26.2 Å². The zero-order valence-electron chi connectivity index (χ0n) is 9.71. The Morgan fingerprint density at radius 2 is 1.93 bits per heavy atom. The lowest BCUT2D eigenvalue weighted by molar-refractivity contribution is 0.0536. The highest BCUT2D eigenvalue weighted by atomic mass is 19.3. The lowest BCUT2D eigenvalue weighted by Crippen LogP contribution is -2.46. The van der Waals surface area contributed by atoms with Crippen LogP contribution in [0.1, 0.15) is 20.8 Å². The molecule has 0 radical (unpaired) electrons. The molecular formula is C10H22F2N2O. The highest BCUT2D eigenvalue weighted by Gasteiger charge is 2.26. The van der Waals surface area contributed by atoms with Crippen molar-refractivity contribution in [2.45, 2.75) is 33.2 Å². The Kier molecular flexibility index (Phi) is 6.24. The van der Waals surface area contributed by atoms with Crippen LogP contribution in [0.2, 0.25) is 0 Å². The van der Waals surface area contributed by atoms with Crippen LogP contribution < -0.4 is 5.73 Å². The maximum atomic E-state index is 12.2. The Bertz CT molecular complexity index is 175.